The van der Waals surface area contributed by atoms with Gasteiger partial charge in [-0.1, -0.05) is 23.5 Å². The van der Waals surface area contributed by atoms with Gasteiger partial charge < -0.3 is 5.32 Å². The molecule has 0 spiro atoms. The van der Waals surface area contributed by atoms with E-state index in [0.29, 0.717) is 5.13 Å². The van der Waals surface area contributed by atoms with Crippen molar-refractivity contribution in [3.63, 3.8) is 0 Å². The Bertz CT molecular complexity index is 417. The molecule has 0 fully saturated rings. The van der Waals surface area contributed by atoms with Crippen LogP contribution in [0.25, 0.3) is 10.2 Å². The first kappa shape index (κ1) is 8.19. The Morgan fingerprint density at radius 3 is 2.92 bits per heavy atom. The summed E-state index contributed by atoms with van der Waals surface area (Å²) < 4.78 is 1.09. The zero-order valence-corrected chi connectivity index (χ0v) is 7.89. The standard InChI is InChI=1S/C9H8N2OS/c1-6(12)10-9-11-7-4-2-3-5-8(7)13-9/h2-5H,1H3,(H,10,11,12). The Labute approximate surface area is 79.4 Å². The Morgan fingerprint density at radius 2 is 2.23 bits per heavy atom. The molecule has 66 valence electrons. The van der Waals surface area contributed by atoms with Gasteiger partial charge in [0, 0.05) is 6.92 Å². The molecule has 0 aliphatic rings. The third-order valence-electron chi connectivity index (χ3n) is 1.58. The molecule has 0 aliphatic heterocycles. The van der Waals surface area contributed by atoms with Crippen molar-refractivity contribution in [3.05, 3.63) is 24.3 Å². The van der Waals surface area contributed by atoms with Crippen LogP contribution in [0.4, 0.5) is 5.13 Å². The second-order valence-corrected chi connectivity index (χ2v) is 3.70. The number of hydrogen-bond acceptors (Lipinski definition) is 3. The first-order valence-corrected chi connectivity index (χ1v) is 4.70. The Balaban J connectivity index is 2.44. The van der Waals surface area contributed by atoms with Gasteiger partial charge in [0.1, 0.15) is 0 Å². The number of amides is 1. The molecule has 0 atom stereocenters. The molecule has 0 saturated heterocycles. The molecule has 1 aromatic carbocycles. The first-order chi connectivity index (χ1) is 6.25. The smallest absolute Gasteiger partial charge is 0.223 e. The summed E-state index contributed by atoms with van der Waals surface area (Å²) >= 11 is 1.48. The minimum atomic E-state index is -0.0842. The highest BCUT2D eigenvalue weighted by molar-refractivity contribution is 7.22. The molecule has 0 saturated carbocycles. The van der Waals surface area contributed by atoms with E-state index >= 15 is 0 Å². The molecule has 13 heavy (non-hydrogen) atoms. The van der Waals surface area contributed by atoms with Gasteiger partial charge in [-0.3, -0.25) is 4.79 Å². The largest absolute Gasteiger partial charge is 0.302 e. The summed E-state index contributed by atoms with van der Waals surface area (Å²) in [4.78, 5) is 15.0. The van der Waals surface area contributed by atoms with E-state index in [1.54, 1.807) is 0 Å². The van der Waals surface area contributed by atoms with Crippen LogP contribution in [0, 0.1) is 0 Å². The van der Waals surface area contributed by atoms with Gasteiger partial charge in [-0.2, -0.15) is 0 Å². The fraction of sp³-hybridized carbons (Fsp3) is 0.111. The highest BCUT2D eigenvalue weighted by Gasteiger charge is 2.02. The predicted octanol–water partition coefficient (Wildman–Crippen LogP) is 2.25. The number of nitrogens with one attached hydrogen (secondary N) is 1. The number of nitrogens with zero attached hydrogens (tertiary/aromatic N) is 1. The van der Waals surface area contributed by atoms with Crippen LogP contribution in [-0.4, -0.2) is 10.9 Å². The summed E-state index contributed by atoms with van der Waals surface area (Å²) in [5.74, 6) is -0.0842. The van der Waals surface area contributed by atoms with Gasteiger partial charge in [-0.05, 0) is 12.1 Å². The van der Waals surface area contributed by atoms with Crippen LogP contribution >= 0.6 is 11.3 Å². The first-order valence-electron chi connectivity index (χ1n) is 3.89. The van der Waals surface area contributed by atoms with Crippen LogP contribution in [0.3, 0.4) is 0 Å². The number of thiazole rings is 1. The normalized spacial score (nSPS) is 10.2. The third-order valence-corrected chi connectivity index (χ3v) is 2.53. The highest BCUT2D eigenvalue weighted by atomic mass is 32.1. The second kappa shape index (κ2) is 3.14. The van der Waals surface area contributed by atoms with Crippen molar-refractivity contribution in [3.8, 4) is 0 Å². The second-order valence-electron chi connectivity index (χ2n) is 2.67. The quantitative estimate of drug-likeness (QED) is 0.753. The van der Waals surface area contributed by atoms with Crippen LogP contribution < -0.4 is 5.32 Å². The molecule has 1 aromatic heterocycles. The van der Waals surface area contributed by atoms with Crippen molar-refractivity contribution in [2.24, 2.45) is 0 Å². The Morgan fingerprint density at radius 1 is 1.46 bits per heavy atom. The molecule has 2 rings (SSSR count). The van der Waals surface area contributed by atoms with E-state index in [4.69, 9.17) is 0 Å². The fourth-order valence-corrected chi connectivity index (χ4v) is 1.99. The summed E-state index contributed by atoms with van der Waals surface area (Å²) in [7, 11) is 0. The average Bonchev–Trinajstić information content (AvgIpc) is 2.44. The third kappa shape index (κ3) is 1.67. The lowest BCUT2D eigenvalue weighted by molar-refractivity contribution is -0.114. The number of fused-ring (bicyclic) bond motifs is 1. The number of hydrogen-bond donors (Lipinski definition) is 1. The van der Waals surface area contributed by atoms with E-state index < -0.39 is 0 Å². The number of benzene rings is 1. The molecular formula is C9H8N2OS. The van der Waals surface area contributed by atoms with Crippen molar-refractivity contribution < 1.29 is 4.79 Å². The molecule has 4 heteroatoms. The van der Waals surface area contributed by atoms with E-state index in [1.807, 2.05) is 24.3 Å². The van der Waals surface area contributed by atoms with E-state index in [0.717, 1.165) is 10.2 Å². The number of para-hydroxylation sites is 1. The molecule has 2 aromatic rings. The van der Waals surface area contributed by atoms with E-state index in [2.05, 4.69) is 10.3 Å². The highest BCUT2D eigenvalue weighted by Crippen LogP contribution is 2.24. The lowest BCUT2D eigenvalue weighted by Crippen LogP contribution is -2.04. The van der Waals surface area contributed by atoms with Crippen molar-refractivity contribution in [2.45, 2.75) is 6.92 Å². The van der Waals surface area contributed by atoms with Crippen LogP contribution in [0.15, 0.2) is 24.3 Å². The molecule has 3 nitrogen and oxygen atoms in total. The summed E-state index contributed by atoms with van der Waals surface area (Å²) in [6.45, 7) is 1.48. The Hall–Kier alpha value is -1.42. The maximum atomic E-state index is 10.7. The van der Waals surface area contributed by atoms with Crippen LogP contribution in [0.1, 0.15) is 6.92 Å². The molecule has 0 bridgehead atoms. The monoisotopic (exact) mass is 192 g/mol. The van der Waals surface area contributed by atoms with Crippen molar-refractivity contribution in [1.82, 2.24) is 4.98 Å². The SMILES string of the molecule is CC(=O)Nc1nc2ccccc2s1. The molecular weight excluding hydrogens is 184 g/mol. The van der Waals surface area contributed by atoms with Crippen molar-refractivity contribution in [1.29, 1.82) is 0 Å². The van der Waals surface area contributed by atoms with Crippen molar-refractivity contribution >= 4 is 32.6 Å². The lowest BCUT2D eigenvalue weighted by Gasteiger charge is -1.91. The van der Waals surface area contributed by atoms with E-state index in [9.17, 15) is 4.79 Å². The summed E-state index contributed by atoms with van der Waals surface area (Å²) in [6, 6.07) is 7.80. The van der Waals surface area contributed by atoms with Crippen LogP contribution in [0.5, 0.6) is 0 Å². The van der Waals surface area contributed by atoms with E-state index in [1.165, 1.54) is 18.3 Å². The van der Waals surface area contributed by atoms with Crippen LogP contribution in [-0.2, 0) is 4.79 Å². The van der Waals surface area contributed by atoms with Gasteiger partial charge in [0.25, 0.3) is 0 Å². The Kier molecular flexibility index (Phi) is 1.98. The number of aromatic nitrogens is 1. The molecule has 0 radical (unpaired) electrons. The maximum absolute atomic E-state index is 10.7. The fourth-order valence-electron chi connectivity index (χ4n) is 1.08. The van der Waals surface area contributed by atoms with Gasteiger partial charge in [0.2, 0.25) is 5.91 Å². The van der Waals surface area contributed by atoms with Gasteiger partial charge in [-0.15, -0.1) is 0 Å². The van der Waals surface area contributed by atoms with Gasteiger partial charge >= 0.3 is 0 Å². The topological polar surface area (TPSA) is 42.0 Å². The van der Waals surface area contributed by atoms with Gasteiger partial charge in [-0.25, -0.2) is 4.98 Å². The zero-order valence-electron chi connectivity index (χ0n) is 7.07. The molecule has 0 unspecified atom stereocenters. The number of carbonyl (C=O) groups is 1. The zero-order chi connectivity index (χ0) is 9.26. The molecule has 1 amide bonds. The maximum Gasteiger partial charge on any atom is 0.223 e. The van der Waals surface area contributed by atoms with Gasteiger partial charge in [0.15, 0.2) is 5.13 Å². The number of rotatable bonds is 1. The average molecular weight is 192 g/mol. The predicted molar refractivity (Wildman–Crippen MR) is 53.9 cm³/mol. The lowest BCUT2D eigenvalue weighted by atomic mass is 10.3. The van der Waals surface area contributed by atoms with Crippen molar-refractivity contribution in [2.75, 3.05) is 5.32 Å². The molecule has 1 N–H and O–H groups in total. The minimum Gasteiger partial charge on any atom is -0.302 e. The number of carbonyl (C=O) groups excluding carboxylic acids is 1. The summed E-state index contributed by atoms with van der Waals surface area (Å²) in [6.07, 6.45) is 0. The molecule has 1 heterocycles. The van der Waals surface area contributed by atoms with Crippen LogP contribution in [0.2, 0.25) is 0 Å². The molecule has 0 aliphatic carbocycles. The number of anilines is 1. The van der Waals surface area contributed by atoms with E-state index in [-0.39, 0.29) is 5.91 Å². The van der Waals surface area contributed by atoms with Gasteiger partial charge in [0.05, 0.1) is 10.2 Å². The summed E-state index contributed by atoms with van der Waals surface area (Å²) in [5.41, 5.74) is 0.927. The minimum absolute atomic E-state index is 0.0842. The summed E-state index contributed by atoms with van der Waals surface area (Å²) in [5, 5.41) is 3.32.